The van der Waals surface area contributed by atoms with E-state index < -0.39 is 0 Å². The fourth-order valence-corrected chi connectivity index (χ4v) is 1.20. The predicted molar refractivity (Wildman–Crippen MR) is 56.5 cm³/mol. The lowest BCUT2D eigenvalue weighted by molar-refractivity contribution is 0.216. The summed E-state index contributed by atoms with van der Waals surface area (Å²) in [7, 11) is 0. The van der Waals surface area contributed by atoms with Crippen LogP contribution in [0.25, 0.3) is 6.08 Å². The number of benzene rings is 1. The van der Waals surface area contributed by atoms with Gasteiger partial charge in [-0.15, -0.1) is 0 Å². The van der Waals surface area contributed by atoms with Gasteiger partial charge in [-0.2, -0.15) is 0 Å². The number of hydrogen-bond donors (Lipinski definition) is 1. The van der Waals surface area contributed by atoms with Crippen LogP contribution in [-0.2, 0) is 6.42 Å². The fraction of sp³-hybridized carbons (Fsp3) is 0.333. The normalized spacial score (nSPS) is 12.3. The summed E-state index contributed by atoms with van der Waals surface area (Å²) in [6.07, 6.45) is 5.33. The molecule has 1 aromatic rings. The summed E-state index contributed by atoms with van der Waals surface area (Å²) in [6.45, 7) is 3.44. The molecule has 0 atom stereocenters. The molecule has 0 bridgehead atoms. The zero-order valence-corrected chi connectivity index (χ0v) is 8.20. The van der Waals surface area contributed by atoms with E-state index in [1.165, 1.54) is 11.1 Å². The Kier molecular flexibility index (Phi) is 3.71. The molecule has 0 saturated carbocycles. The number of aliphatic hydroxyl groups excluding tert-OH is 1. The van der Waals surface area contributed by atoms with E-state index in [9.17, 15) is 0 Å². The Labute approximate surface area is 79.7 Å². The molecular weight excluding hydrogens is 160 g/mol. The van der Waals surface area contributed by atoms with Gasteiger partial charge in [0.25, 0.3) is 0 Å². The second-order valence-corrected chi connectivity index (χ2v) is 3.40. The summed E-state index contributed by atoms with van der Waals surface area (Å²) >= 11 is 0. The third kappa shape index (κ3) is 3.43. The number of allylic oxidation sites excluding steroid dienone is 1. The molecule has 0 aliphatic heterocycles. The molecule has 1 aliphatic rings. The molecular formula is C12H16O. The van der Waals surface area contributed by atoms with Gasteiger partial charge in [0.1, 0.15) is 0 Å². The van der Waals surface area contributed by atoms with Crippen molar-refractivity contribution in [3.63, 3.8) is 0 Å². The van der Waals surface area contributed by atoms with Crippen LogP contribution in [0, 0.1) is 0 Å². The number of rotatable bonds is 0. The SMILES string of the molecule is C1=Cc2ccccc2C1.CC(C)O. The fourth-order valence-electron chi connectivity index (χ4n) is 1.20. The highest BCUT2D eigenvalue weighted by Gasteiger charge is 2.00. The van der Waals surface area contributed by atoms with Gasteiger partial charge in [-0.3, -0.25) is 0 Å². The third-order valence-corrected chi connectivity index (χ3v) is 1.69. The maximum Gasteiger partial charge on any atom is 0.0483 e. The topological polar surface area (TPSA) is 20.2 Å². The summed E-state index contributed by atoms with van der Waals surface area (Å²) < 4.78 is 0. The Bertz CT molecular complexity index is 284. The monoisotopic (exact) mass is 176 g/mol. The van der Waals surface area contributed by atoms with E-state index in [-0.39, 0.29) is 6.10 Å². The first-order valence-electron chi connectivity index (χ1n) is 4.62. The number of fused-ring (bicyclic) bond motifs is 1. The van der Waals surface area contributed by atoms with Gasteiger partial charge >= 0.3 is 0 Å². The minimum absolute atomic E-state index is 0.167. The molecule has 0 aromatic heterocycles. The molecule has 0 spiro atoms. The van der Waals surface area contributed by atoms with Crippen LogP contribution in [0.3, 0.4) is 0 Å². The Hall–Kier alpha value is -1.08. The Morgan fingerprint density at radius 1 is 1.23 bits per heavy atom. The van der Waals surface area contributed by atoms with Crippen LogP contribution in [-0.4, -0.2) is 11.2 Å². The van der Waals surface area contributed by atoms with Crippen molar-refractivity contribution in [1.82, 2.24) is 0 Å². The average molecular weight is 176 g/mol. The van der Waals surface area contributed by atoms with Gasteiger partial charge < -0.3 is 5.11 Å². The zero-order chi connectivity index (χ0) is 9.68. The summed E-state index contributed by atoms with van der Waals surface area (Å²) in [4.78, 5) is 0. The first-order chi connectivity index (χ1) is 6.20. The van der Waals surface area contributed by atoms with E-state index in [4.69, 9.17) is 5.11 Å². The van der Waals surface area contributed by atoms with Gasteiger partial charge in [0.15, 0.2) is 0 Å². The summed E-state index contributed by atoms with van der Waals surface area (Å²) in [6, 6.07) is 8.49. The Morgan fingerprint density at radius 2 is 1.85 bits per heavy atom. The van der Waals surface area contributed by atoms with Crippen molar-refractivity contribution in [2.24, 2.45) is 0 Å². The van der Waals surface area contributed by atoms with Crippen LogP contribution in [0.15, 0.2) is 30.3 Å². The third-order valence-electron chi connectivity index (χ3n) is 1.69. The minimum Gasteiger partial charge on any atom is -0.394 e. The van der Waals surface area contributed by atoms with Crippen molar-refractivity contribution in [3.05, 3.63) is 41.5 Å². The van der Waals surface area contributed by atoms with Crippen molar-refractivity contribution in [1.29, 1.82) is 0 Å². The van der Waals surface area contributed by atoms with Crippen LogP contribution in [0.4, 0.5) is 0 Å². The van der Waals surface area contributed by atoms with Crippen LogP contribution in [0.2, 0.25) is 0 Å². The molecule has 1 N–H and O–H groups in total. The lowest BCUT2D eigenvalue weighted by atomic mass is 10.1. The smallest absolute Gasteiger partial charge is 0.0483 e. The molecule has 0 heterocycles. The highest BCUT2D eigenvalue weighted by molar-refractivity contribution is 5.59. The molecule has 0 saturated heterocycles. The van der Waals surface area contributed by atoms with Gasteiger partial charge in [0, 0.05) is 6.10 Å². The molecule has 1 heteroatoms. The molecule has 0 amide bonds. The van der Waals surface area contributed by atoms with Crippen molar-refractivity contribution >= 4 is 6.08 Å². The van der Waals surface area contributed by atoms with Crippen LogP contribution >= 0.6 is 0 Å². The second kappa shape index (κ2) is 4.83. The molecule has 70 valence electrons. The standard InChI is InChI=1S/C9H8.C3H8O/c1-2-5-9-7-3-6-8(9)4-1;1-3(2)4/h1-6H,7H2;3-4H,1-2H3. The summed E-state index contributed by atoms with van der Waals surface area (Å²) in [5.41, 5.74) is 2.84. The molecule has 1 nitrogen and oxygen atoms in total. The lowest BCUT2D eigenvalue weighted by Crippen LogP contribution is -1.85. The maximum atomic E-state index is 8.06. The minimum atomic E-state index is -0.167. The van der Waals surface area contributed by atoms with Crippen molar-refractivity contribution in [3.8, 4) is 0 Å². The van der Waals surface area contributed by atoms with E-state index in [0.29, 0.717) is 0 Å². The molecule has 0 fully saturated rings. The zero-order valence-electron chi connectivity index (χ0n) is 8.20. The quantitative estimate of drug-likeness (QED) is 0.644. The Morgan fingerprint density at radius 3 is 2.46 bits per heavy atom. The molecule has 0 radical (unpaired) electrons. The van der Waals surface area contributed by atoms with Gasteiger partial charge in [-0.05, 0) is 31.4 Å². The lowest BCUT2D eigenvalue weighted by Gasteiger charge is -1.93. The number of aliphatic hydroxyl groups is 1. The highest BCUT2D eigenvalue weighted by Crippen LogP contribution is 2.17. The summed E-state index contributed by atoms with van der Waals surface area (Å²) in [5, 5.41) is 8.06. The molecule has 1 aliphatic carbocycles. The van der Waals surface area contributed by atoms with Crippen molar-refractivity contribution in [2.75, 3.05) is 0 Å². The van der Waals surface area contributed by atoms with Crippen molar-refractivity contribution < 1.29 is 5.11 Å². The molecule has 1 aromatic carbocycles. The first kappa shape index (κ1) is 10.0. The van der Waals surface area contributed by atoms with Crippen LogP contribution in [0.1, 0.15) is 25.0 Å². The average Bonchev–Trinajstić information content (AvgIpc) is 2.49. The highest BCUT2D eigenvalue weighted by atomic mass is 16.3. The van der Waals surface area contributed by atoms with E-state index in [2.05, 4.69) is 36.4 Å². The van der Waals surface area contributed by atoms with E-state index in [1.54, 1.807) is 13.8 Å². The molecule has 0 unspecified atom stereocenters. The van der Waals surface area contributed by atoms with Crippen molar-refractivity contribution in [2.45, 2.75) is 26.4 Å². The maximum absolute atomic E-state index is 8.06. The van der Waals surface area contributed by atoms with Crippen LogP contribution in [0.5, 0.6) is 0 Å². The number of hydrogen-bond acceptors (Lipinski definition) is 1. The first-order valence-corrected chi connectivity index (χ1v) is 4.62. The van der Waals surface area contributed by atoms with Gasteiger partial charge in [0.2, 0.25) is 0 Å². The molecule has 13 heavy (non-hydrogen) atoms. The van der Waals surface area contributed by atoms with Gasteiger partial charge in [-0.1, -0.05) is 36.4 Å². The van der Waals surface area contributed by atoms with E-state index >= 15 is 0 Å². The largest absolute Gasteiger partial charge is 0.394 e. The summed E-state index contributed by atoms with van der Waals surface area (Å²) in [5.74, 6) is 0. The Balaban J connectivity index is 0.000000184. The van der Waals surface area contributed by atoms with E-state index in [0.717, 1.165) is 6.42 Å². The van der Waals surface area contributed by atoms with Crippen LogP contribution < -0.4 is 0 Å². The van der Waals surface area contributed by atoms with E-state index in [1.807, 2.05) is 0 Å². The van der Waals surface area contributed by atoms with Gasteiger partial charge in [-0.25, -0.2) is 0 Å². The second-order valence-electron chi connectivity index (χ2n) is 3.40. The van der Waals surface area contributed by atoms with Gasteiger partial charge in [0.05, 0.1) is 0 Å². The predicted octanol–water partition coefficient (Wildman–Crippen LogP) is 2.64. The molecule has 2 rings (SSSR count).